The van der Waals surface area contributed by atoms with Crippen LogP contribution in [0.1, 0.15) is 5.56 Å². The molecule has 4 aromatic rings. The number of para-hydroxylation sites is 3. The van der Waals surface area contributed by atoms with E-state index < -0.39 is 0 Å². The Hall–Kier alpha value is -3.65. The molecular weight excluding hydrogens is 328 g/mol. The maximum atomic E-state index is 3.63. The van der Waals surface area contributed by atoms with Crippen LogP contribution in [0.2, 0.25) is 0 Å². The normalized spacial score (nSPS) is 10.2. The van der Waals surface area contributed by atoms with E-state index in [9.17, 15) is 0 Å². The summed E-state index contributed by atoms with van der Waals surface area (Å²) >= 11 is 0. The van der Waals surface area contributed by atoms with Gasteiger partial charge in [-0.15, -0.1) is 0 Å². The molecule has 0 fully saturated rings. The highest BCUT2D eigenvalue weighted by atomic mass is 15.1. The van der Waals surface area contributed by atoms with Crippen LogP contribution in [-0.2, 0) is 0 Å². The van der Waals surface area contributed by atoms with Gasteiger partial charge in [0.15, 0.2) is 0 Å². The minimum absolute atomic E-state index is 1.01. The van der Waals surface area contributed by atoms with Crippen LogP contribution in [0, 0.1) is 0 Å². The first-order valence-electron chi connectivity index (χ1n) is 9.06. The quantitative estimate of drug-likeness (QED) is 0.268. The van der Waals surface area contributed by atoms with Crippen molar-refractivity contribution in [3.63, 3.8) is 0 Å². The van der Waals surface area contributed by atoms with Crippen molar-refractivity contribution in [2.75, 3.05) is 5.32 Å². The van der Waals surface area contributed by atoms with Crippen molar-refractivity contribution in [1.82, 2.24) is 4.58 Å². The lowest BCUT2D eigenvalue weighted by atomic mass is 10.1. The minimum atomic E-state index is 1.01. The summed E-state index contributed by atoms with van der Waals surface area (Å²) in [5, 5.41) is 3.63. The molecule has 27 heavy (non-hydrogen) atoms. The molecule has 2 nitrogen and oxygen atoms in total. The standard InChI is InChI=1S/C25H20N2/c1-5-13-21(14-6-1)25(26-22-15-7-2-8-16-22)27(23-17-9-3-10-18-23)24-19-11-4-12-20-24/h1-20H/p+1. The Kier molecular flexibility index (Phi) is 5.07. The average molecular weight is 349 g/mol. The molecule has 0 aliphatic carbocycles. The van der Waals surface area contributed by atoms with E-state index >= 15 is 0 Å². The van der Waals surface area contributed by atoms with E-state index in [0.29, 0.717) is 0 Å². The molecule has 4 rings (SSSR count). The Labute approximate surface area is 160 Å². The number of nitrogens with one attached hydrogen (secondary N) is 1. The summed E-state index contributed by atoms with van der Waals surface area (Å²) in [6.07, 6.45) is 0. The van der Waals surface area contributed by atoms with E-state index in [1.807, 2.05) is 36.4 Å². The zero-order valence-corrected chi connectivity index (χ0v) is 15.0. The number of amidine groups is 1. The fourth-order valence-electron chi connectivity index (χ4n) is 3.07. The van der Waals surface area contributed by atoms with Crippen molar-refractivity contribution in [3.8, 4) is 0 Å². The fraction of sp³-hybridized carbons (Fsp3) is 0. The Morgan fingerprint density at radius 1 is 0.481 bits per heavy atom. The molecule has 1 N–H and O–H groups in total. The van der Waals surface area contributed by atoms with Gasteiger partial charge in [-0.25, -0.2) is 5.32 Å². The molecule has 0 saturated heterocycles. The van der Waals surface area contributed by atoms with Gasteiger partial charge in [0, 0.05) is 0 Å². The third kappa shape index (κ3) is 3.96. The van der Waals surface area contributed by atoms with E-state index in [0.717, 1.165) is 28.5 Å². The van der Waals surface area contributed by atoms with Crippen LogP contribution in [0.5, 0.6) is 0 Å². The maximum absolute atomic E-state index is 3.63. The highest BCUT2D eigenvalue weighted by molar-refractivity contribution is 6.10. The summed E-state index contributed by atoms with van der Waals surface area (Å²) < 4.78 is 2.25. The van der Waals surface area contributed by atoms with Gasteiger partial charge in [0.25, 0.3) is 5.84 Å². The summed E-state index contributed by atoms with van der Waals surface area (Å²) in [5.41, 5.74) is 4.37. The molecule has 0 bridgehead atoms. The SMILES string of the molecule is c1ccc(NC(c2ccccc2)=[N+](c2ccccc2)c2ccccc2)cc1. The smallest absolute Gasteiger partial charge is 0.240 e. The van der Waals surface area contributed by atoms with Crippen LogP contribution in [0.15, 0.2) is 121 Å². The molecule has 4 aromatic carbocycles. The molecule has 0 spiro atoms. The van der Waals surface area contributed by atoms with Gasteiger partial charge >= 0.3 is 0 Å². The second-order valence-corrected chi connectivity index (χ2v) is 6.21. The first kappa shape index (κ1) is 16.8. The van der Waals surface area contributed by atoms with Crippen LogP contribution in [0.4, 0.5) is 17.1 Å². The summed E-state index contributed by atoms with van der Waals surface area (Å²) in [7, 11) is 0. The number of benzene rings is 4. The van der Waals surface area contributed by atoms with Crippen LogP contribution in [0.3, 0.4) is 0 Å². The Morgan fingerprint density at radius 3 is 1.37 bits per heavy atom. The van der Waals surface area contributed by atoms with Gasteiger partial charge in [0.2, 0.25) is 0 Å². The molecule has 0 radical (unpaired) electrons. The van der Waals surface area contributed by atoms with Gasteiger partial charge in [-0.05, 0) is 48.5 Å². The fourth-order valence-corrected chi connectivity index (χ4v) is 3.07. The molecule has 0 amide bonds. The molecule has 2 heteroatoms. The first-order chi connectivity index (χ1) is 13.4. The molecule has 0 saturated carbocycles. The average Bonchev–Trinajstić information content (AvgIpc) is 2.76. The van der Waals surface area contributed by atoms with E-state index in [1.54, 1.807) is 0 Å². The monoisotopic (exact) mass is 349 g/mol. The summed E-state index contributed by atoms with van der Waals surface area (Å²) in [6.45, 7) is 0. The van der Waals surface area contributed by atoms with E-state index in [-0.39, 0.29) is 0 Å². The number of nitrogens with zero attached hydrogens (tertiary/aromatic N) is 1. The highest BCUT2D eigenvalue weighted by Gasteiger charge is 2.20. The Balaban J connectivity index is 1.97. The van der Waals surface area contributed by atoms with Crippen molar-refractivity contribution in [2.24, 2.45) is 0 Å². The third-order valence-corrected chi connectivity index (χ3v) is 4.34. The van der Waals surface area contributed by atoms with Crippen molar-refractivity contribution in [1.29, 1.82) is 0 Å². The molecule has 0 aliphatic rings. The van der Waals surface area contributed by atoms with Gasteiger partial charge in [0.1, 0.15) is 17.1 Å². The molecule has 130 valence electrons. The first-order valence-corrected chi connectivity index (χ1v) is 9.06. The zero-order valence-electron chi connectivity index (χ0n) is 15.0. The molecule has 0 aromatic heterocycles. The lowest BCUT2D eigenvalue weighted by Gasteiger charge is -2.13. The van der Waals surface area contributed by atoms with E-state index in [2.05, 4.69) is 94.8 Å². The van der Waals surface area contributed by atoms with Gasteiger partial charge < -0.3 is 0 Å². The number of anilines is 1. The minimum Gasteiger partial charge on any atom is -0.240 e. The van der Waals surface area contributed by atoms with E-state index in [4.69, 9.17) is 0 Å². The maximum Gasteiger partial charge on any atom is 0.292 e. The van der Waals surface area contributed by atoms with Crippen molar-refractivity contribution >= 4 is 22.9 Å². The van der Waals surface area contributed by atoms with Crippen LogP contribution in [-0.4, -0.2) is 5.84 Å². The van der Waals surface area contributed by atoms with Gasteiger partial charge in [-0.1, -0.05) is 72.8 Å². The largest absolute Gasteiger partial charge is 0.292 e. The number of hydrogen-bond donors (Lipinski definition) is 1. The van der Waals surface area contributed by atoms with Crippen LogP contribution >= 0.6 is 0 Å². The Morgan fingerprint density at radius 2 is 0.889 bits per heavy atom. The lowest BCUT2D eigenvalue weighted by Crippen LogP contribution is -2.26. The van der Waals surface area contributed by atoms with Crippen LogP contribution in [0.25, 0.3) is 0 Å². The summed E-state index contributed by atoms with van der Waals surface area (Å²) in [4.78, 5) is 0. The Bertz CT molecular complexity index is 967. The molecule has 0 atom stereocenters. The van der Waals surface area contributed by atoms with Gasteiger partial charge in [-0.2, -0.15) is 4.58 Å². The third-order valence-electron chi connectivity index (χ3n) is 4.34. The number of rotatable bonds is 4. The number of hydrogen-bond acceptors (Lipinski definition) is 0. The zero-order chi connectivity index (χ0) is 18.3. The molecule has 0 aliphatic heterocycles. The van der Waals surface area contributed by atoms with Crippen molar-refractivity contribution in [3.05, 3.63) is 127 Å². The topological polar surface area (TPSA) is 15.0 Å². The predicted molar refractivity (Wildman–Crippen MR) is 115 cm³/mol. The van der Waals surface area contributed by atoms with Crippen molar-refractivity contribution < 1.29 is 0 Å². The van der Waals surface area contributed by atoms with Gasteiger partial charge in [0.05, 0.1) is 5.56 Å². The second-order valence-electron chi connectivity index (χ2n) is 6.21. The van der Waals surface area contributed by atoms with Crippen molar-refractivity contribution in [2.45, 2.75) is 0 Å². The summed E-state index contributed by atoms with van der Waals surface area (Å²) in [5.74, 6) is 1.01. The molecule has 0 unspecified atom stereocenters. The van der Waals surface area contributed by atoms with E-state index in [1.165, 1.54) is 0 Å². The second kappa shape index (κ2) is 8.15. The van der Waals surface area contributed by atoms with Gasteiger partial charge in [-0.3, -0.25) is 0 Å². The van der Waals surface area contributed by atoms with Crippen LogP contribution < -0.4 is 9.89 Å². The highest BCUT2D eigenvalue weighted by Crippen LogP contribution is 2.23. The predicted octanol–water partition coefficient (Wildman–Crippen LogP) is 6.08. The molecular formula is C25H21N2+. The summed E-state index contributed by atoms with van der Waals surface area (Å²) in [6, 6.07) is 41.6. The lowest BCUT2D eigenvalue weighted by molar-refractivity contribution is 1.07. The molecule has 0 heterocycles.